The summed E-state index contributed by atoms with van der Waals surface area (Å²) in [5, 5.41) is 3.19. The van der Waals surface area contributed by atoms with Crippen molar-refractivity contribution in [1.29, 1.82) is 0 Å². The quantitative estimate of drug-likeness (QED) is 0.844. The molecule has 0 saturated carbocycles. The predicted molar refractivity (Wildman–Crippen MR) is 72.4 cm³/mol. The molecule has 0 atom stereocenters. The Hall–Kier alpha value is -1.95. The van der Waals surface area contributed by atoms with Gasteiger partial charge >= 0.3 is 6.18 Å². The van der Waals surface area contributed by atoms with E-state index in [-0.39, 0.29) is 5.15 Å². The van der Waals surface area contributed by atoms with Gasteiger partial charge in [0.15, 0.2) is 0 Å². The van der Waals surface area contributed by atoms with E-state index in [9.17, 15) is 13.2 Å². The van der Waals surface area contributed by atoms with Crippen LogP contribution in [0.1, 0.15) is 11.1 Å². The van der Waals surface area contributed by atoms with Crippen LogP contribution in [0.15, 0.2) is 36.4 Å². The van der Waals surface area contributed by atoms with Crippen LogP contribution >= 0.6 is 11.6 Å². The van der Waals surface area contributed by atoms with Gasteiger partial charge in [-0.25, -0.2) is 4.98 Å². The number of hydrogen-bond acceptors (Lipinski definition) is 3. The first-order valence-electron chi connectivity index (χ1n) is 5.67. The van der Waals surface area contributed by atoms with Crippen molar-refractivity contribution in [2.24, 2.45) is 0 Å². The molecule has 0 aliphatic carbocycles. The maximum Gasteiger partial charge on any atom is 0.416 e. The van der Waals surface area contributed by atoms with Gasteiger partial charge in [-0.3, -0.25) is 0 Å². The van der Waals surface area contributed by atoms with Crippen LogP contribution < -0.4 is 11.1 Å². The molecule has 0 fully saturated rings. The Morgan fingerprint density at radius 1 is 1.15 bits per heavy atom. The highest BCUT2D eigenvalue weighted by molar-refractivity contribution is 6.29. The van der Waals surface area contributed by atoms with E-state index in [4.69, 9.17) is 17.3 Å². The lowest BCUT2D eigenvalue weighted by molar-refractivity contribution is -0.137. The van der Waals surface area contributed by atoms with Crippen LogP contribution in [0.3, 0.4) is 0 Å². The molecule has 7 heteroatoms. The van der Waals surface area contributed by atoms with Crippen LogP contribution in [0.4, 0.5) is 24.7 Å². The van der Waals surface area contributed by atoms with Crippen molar-refractivity contribution in [1.82, 2.24) is 4.98 Å². The van der Waals surface area contributed by atoms with E-state index in [1.54, 1.807) is 6.07 Å². The molecule has 0 saturated heterocycles. The second kappa shape index (κ2) is 5.58. The summed E-state index contributed by atoms with van der Waals surface area (Å²) in [6.07, 6.45) is -4.32. The number of pyridine rings is 1. The zero-order chi connectivity index (χ0) is 14.8. The number of nitrogen functional groups attached to an aromatic ring is 1. The molecule has 1 aromatic carbocycles. The maximum absolute atomic E-state index is 12.4. The van der Waals surface area contributed by atoms with Crippen molar-refractivity contribution in [3.8, 4) is 0 Å². The van der Waals surface area contributed by atoms with Crippen LogP contribution in [-0.4, -0.2) is 4.98 Å². The summed E-state index contributed by atoms with van der Waals surface area (Å²) in [6, 6.07) is 7.99. The predicted octanol–water partition coefficient (Wildman–Crippen LogP) is 3.95. The van der Waals surface area contributed by atoms with Crippen molar-refractivity contribution >= 4 is 23.1 Å². The first-order chi connectivity index (χ1) is 9.34. The first-order valence-corrected chi connectivity index (χ1v) is 6.05. The van der Waals surface area contributed by atoms with E-state index in [1.807, 2.05) is 0 Å². The highest BCUT2D eigenvalue weighted by Crippen LogP contribution is 2.29. The molecular weight excluding hydrogens is 291 g/mol. The van der Waals surface area contributed by atoms with Gasteiger partial charge in [0.25, 0.3) is 0 Å². The van der Waals surface area contributed by atoms with Gasteiger partial charge in [-0.2, -0.15) is 13.2 Å². The summed E-state index contributed by atoms with van der Waals surface area (Å²) in [5.74, 6) is 0.467. The molecule has 0 aliphatic rings. The fraction of sp³-hybridized carbons (Fsp3) is 0.154. The number of aromatic nitrogens is 1. The number of nitrogens with two attached hydrogens (primary N) is 1. The van der Waals surface area contributed by atoms with Crippen LogP contribution in [0.25, 0.3) is 0 Å². The lowest BCUT2D eigenvalue weighted by Gasteiger charge is -2.09. The first kappa shape index (κ1) is 14.5. The largest absolute Gasteiger partial charge is 0.416 e. The number of anilines is 2. The summed E-state index contributed by atoms with van der Waals surface area (Å²) in [4.78, 5) is 4.00. The number of nitrogens with one attached hydrogen (secondary N) is 1. The topological polar surface area (TPSA) is 50.9 Å². The summed E-state index contributed by atoms with van der Waals surface area (Å²) in [6.45, 7) is 0.324. The summed E-state index contributed by atoms with van der Waals surface area (Å²) in [7, 11) is 0. The molecule has 106 valence electrons. The minimum Gasteiger partial charge on any atom is -0.399 e. The van der Waals surface area contributed by atoms with E-state index in [2.05, 4.69) is 10.3 Å². The highest BCUT2D eigenvalue weighted by Gasteiger charge is 2.29. The fourth-order valence-electron chi connectivity index (χ4n) is 1.61. The minimum absolute atomic E-state index is 0.250. The molecule has 2 rings (SSSR count). The van der Waals surface area contributed by atoms with Crippen LogP contribution in [0.2, 0.25) is 5.15 Å². The highest BCUT2D eigenvalue weighted by atomic mass is 35.5. The molecule has 20 heavy (non-hydrogen) atoms. The third kappa shape index (κ3) is 3.77. The number of rotatable bonds is 3. The Morgan fingerprint density at radius 3 is 2.35 bits per heavy atom. The maximum atomic E-state index is 12.4. The monoisotopic (exact) mass is 301 g/mol. The second-order valence-electron chi connectivity index (χ2n) is 4.16. The van der Waals surface area contributed by atoms with Gasteiger partial charge in [0.05, 0.1) is 5.56 Å². The Kier molecular flexibility index (Phi) is 4.04. The summed E-state index contributed by atoms with van der Waals surface area (Å²) < 4.78 is 37.2. The number of halogens is 4. The lowest BCUT2D eigenvalue weighted by Crippen LogP contribution is -2.06. The smallest absolute Gasteiger partial charge is 0.399 e. The van der Waals surface area contributed by atoms with Crippen molar-refractivity contribution in [2.75, 3.05) is 11.1 Å². The van der Waals surface area contributed by atoms with Crippen molar-refractivity contribution in [3.63, 3.8) is 0 Å². The Balaban J connectivity index is 2.04. The van der Waals surface area contributed by atoms with E-state index < -0.39 is 11.7 Å². The van der Waals surface area contributed by atoms with Crippen molar-refractivity contribution in [2.45, 2.75) is 12.7 Å². The third-order valence-electron chi connectivity index (χ3n) is 2.57. The Bertz CT molecular complexity index is 577. The second-order valence-corrected chi connectivity index (χ2v) is 4.54. The average Bonchev–Trinajstić information content (AvgIpc) is 2.35. The van der Waals surface area contributed by atoms with E-state index >= 15 is 0 Å². The molecule has 0 aliphatic heterocycles. The van der Waals surface area contributed by atoms with E-state index in [0.29, 0.717) is 23.6 Å². The Morgan fingerprint density at radius 2 is 1.80 bits per heavy atom. The van der Waals surface area contributed by atoms with Gasteiger partial charge in [0.1, 0.15) is 11.0 Å². The van der Waals surface area contributed by atoms with Gasteiger partial charge < -0.3 is 11.1 Å². The molecule has 3 nitrogen and oxygen atoms in total. The molecule has 0 spiro atoms. The SMILES string of the molecule is Nc1cc(Cl)nc(NCc2ccc(C(F)(F)F)cc2)c1. The van der Waals surface area contributed by atoms with Gasteiger partial charge in [-0.05, 0) is 23.8 Å². The van der Waals surface area contributed by atoms with Crippen LogP contribution in [0, 0.1) is 0 Å². The molecule has 1 heterocycles. The van der Waals surface area contributed by atoms with Crippen LogP contribution in [-0.2, 0) is 12.7 Å². The standard InChI is InChI=1S/C13H11ClF3N3/c14-11-5-10(18)6-12(20-11)19-7-8-1-3-9(4-2-8)13(15,16)17/h1-6H,7H2,(H3,18,19,20). The zero-order valence-electron chi connectivity index (χ0n) is 10.2. The van der Waals surface area contributed by atoms with Crippen molar-refractivity contribution in [3.05, 3.63) is 52.7 Å². The minimum atomic E-state index is -4.32. The van der Waals surface area contributed by atoms with Gasteiger partial charge in [0, 0.05) is 18.3 Å². The lowest BCUT2D eigenvalue weighted by atomic mass is 10.1. The number of hydrogen-bond donors (Lipinski definition) is 2. The molecule has 0 bridgehead atoms. The molecular formula is C13H11ClF3N3. The molecule has 2 aromatic rings. The molecule has 3 N–H and O–H groups in total. The van der Waals surface area contributed by atoms with E-state index in [1.165, 1.54) is 18.2 Å². The van der Waals surface area contributed by atoms with Gasteiger partial charge in [-0.15, -0.1) is 0 Å². The molecule has 0 radical (unpaired) electrons. The number of alkyl halides is 3. The number of nitrogens with zero attached hydrogens (tertiary/aromatic N) is 1. The third-order valence-corrected chi connectivity index (χ3v) is 2.76. The Labute approximate surface area is 118 Å². The number of benzene rings is 1. The normalized spacial score (nSPS) is 11.4. The average molecular weight is 302 g/mol. The van der Waals surface area contributed by atoms with E-state index in [0.717, 1.165) is 12.1 Å². The van der Waals surface area contributed by atoms with Crippen molar-refractivity contribution < 1.29 is 13.2 Å². The molecule has 0 unspecified atom stereocenters. The van der Waals surface area contributed by atoms with Gasteiger partial charge in [0.2, 0.25) is 0 Å². The molecule has 1 aromatic heterocycles. The fourth-order valence-corrected chi connectivity index (χ4v) is 1.83. The zero-order valence-corrected chi connectivity index (χ0v) is 11.0. The van der Waals surface area contributed by atoms with Crippen LogP contribution in [0.5, 0.6) is 0 Å². The summed E-state index contributed by atoms with van der Waals surface area (Å²) in [5.41, 5.74) is 6.08. The summed E-state index contributed by atoms with van der Waals surface area (Å²) >= 11 is 5.75. The molecule has 0 amide bonds. The van der Waals surface area contributed by atoms with Gasteiger partial charge in [-0.1, -0.05) is 23.7 Å².